The van der Waals surface area contributed by atoms with Gasteiger partial charge >= 0.3 is 0 Å². The van der Waals surface area contributed by atoms with E-state index in [9.17, 15) is 24.3 Å². The van der Waals surface area contributed by atoms with Gasteiger partial charge in [0.1, 0.15) is 5.75 Å². The summed E-state index contributed by atoms with van der Waals surface area (Å²) in [7, 11) is 0. The fraction of sp³-hybridized carbons (Fsp3) is 0.565. The standard InChI is InChI=1S/C23H33N5O5/c24-22(32)14-27-17-3-1-9-26-18(11-15-5-7-16(29)8-6-15)23(33)28-10-2-4-19(28)21(31)13-25-12-20(17)30/h5-8,17-19,25-27,29H,1-4,9-14H2,(H2,24,32)/t17?,18-,19-/m0/s1. The Balaban J connectivity index is 1.76. The summed E-state index contributed by atoms with van der Waals surface area (Å²) >= 11 is 0. The number of nitrogens with one attached hydrogen (secondary N) is 3. The minimum atomic E-state index is -0.570. The highest BCUT2D eigenvalue weighted by Crippen LogP contribution is 2.21. The molecule has 0 saturated carbocycles. The van der Waals surface area contributed by atoms with Crippen LogP contribution in [0.4, 0.5) is 0 Å². The Morgan fingerprint density at radius 2 is 1.82 bits per heavy atom. The van der Waals surface area contributed by atoms with E-state index in [-0.39, 0.29) is 42.9 Å². The van der Waals surface area contributed by atoms with Gasteiger partial charge in [0.25, 0.3) is 0 Å². The molecule has 3 atom stereocenters. The Morgan fingerprint density at radius 3 is 2.55 bits per heavy atom. The molecule has 10 heteroatoms. The lowest BCUT2D eigenvalue weighted by Gasteiger charge is -2.29. The second kappa shape index (κ2) is 11.9. The van der Waals surface area contributed by atoms with Gasteiger partial charge in [0.15, 0.2) is 11.6 Å². The van der Waals surface area contributed by atoms with Crippen molar-refractivity contribution in [2.45, 2.75) is 50.2 Å². The molecular formula is C23H33N5O5. The van der Waals surface area contributed by atoms with Crippen LogP contribution in [0.25, 0.3) is 0 Å². The second-order valence-corrected chi connectivity index (χ2v) is 8.65. The summed E-state index contributed by atoms with van der Waals surface area (Å²) in [5.41, 5.74) is 6.09. The third-order valence-corrected chi connectivity index (χ3v) is 6.15. The smallest absolute Gasteiger partial charge is 0.240 e. The molecule has 0 radical (unpaired) electrons. The summed E-state index contributed by atoms with van der Waals surface area (Å²) in [6.07, 6.45) is 2.84. The zero-order chi connectivity index (χ0) is 23.8. The number of rotatable bonds is 5. The minimum Gasteiger partial charge on any atom is -0.508 e. The lowest BCUT2D eigenvalue weighted by molar-refractivity contribution is -0.139. The van der Waals surface area contributed by atoms with E-state index < -0.39 is 24.0 Å². The molecule has 2 heterocycles. The molecule has 0 spiro atoms. The van der Waals surface area contributed by atoms with E-state index in [4.69, 9.17) is 5.73 Å². The van der Waals surface area contributed by atoms with Gasteiger partial charge in [-0.1, -0.05) is 12.1 Å². The van der Waals surface area contributed by atoms with Gasteiger partial charge in [0.05, 0.1) is 37.8 Å². The normalized spacial score (nSPS) is 25.5. The maximum Gasteiger partial charge on any atom is 0.240 e. The summed E-state index contributed by atoms with van der Waals surface area (Å²) in [6, 6.07) is 5.10. The number of benzene rings is 1. The van der Waals surface area contributed by atoms with Crippen LogP contribution in [-0.4, -0.2) is 84.2 Å². The molecule has 2 aliphatic heterocycles. The second-order valence-electron chi connectivity index (χ2n) is 8.65. The van der Waals surface area contributed by atoms with E-state index in [0.717, 1.165) is 12.0 Å². The van der Waals surface area contributed by atoms with Gasteiger partial charge in [0.2, 0.25) is 11.8 Å². The van der Waals surface area contributed by atoms with Crippen LogP contribution in [0.3, 0.4) is 0 Å². The van der Waals surface area contributed by atoms with Crippen LogP contribution in [-0.2, 0) is 25.6 Å². The van der Waals surface area contributed by atoms with Crippen LogP contribution >= 0.6 is 0 Å². The quantitative estimate of drug-likeness (QED) is 0.370. The van der Waals surface area contributed by atoms with Crippen LogP contribution in [0.15, 0.2) is 24.3 Å². The van der Waals surface area contributed by atoms with Crippen molar-refractivity contribution in [2.75, 3.05) is 32.7 Å². The molecule has 10 nitrogen and oxygen atoms in total. The average Bonchev–Trinajstić information content (AvgIpc) is 3.27. The van der Waals surface area contributed by atoms with Crippen molar-refractivity contribution in [1.82, 2.24) is 20.9 Å². The lowest BCUT2D eigenvalue weighted by atomic mass is 10.0. The molecule has 0 aromatic heterocycles. The SMILES string of the molecule is NC(=O)CNC1CCCN[C@@H](Cc2ccc(O)cc2)C(=O)N2CCC[C@H]2C(=O)CNCC1=O. The van der Waals surface area contributed by atoms with Crippen LogP contribution in [0.2, 0.25) is 0 Å². The fourth-order valence-corrected chi connectivity index (χ4v) is 4.41. The average molecular weight is 460 g/mol. The molecule has 180 valence electrons. The molecule has 6 N–H and O–H groups in total. The van der Waals surface area contributed by atoms with E-state index in [1.807, 2.05) is 0 Å². The number of nitrogens with zero attached hydrogens (tertiary/aromatic N) is 1. The number of primary amides is 1. The van der Waals surface area contributed by atoms with Gasteiger partial charge in [-0.05, 0) is 56.3 Å². The van der Waals surface area contributed by atoms with Crippen molar-refractivity contribution < 1.29 is 24.3 Å². The number of carbonyl (C=O) groups excluding carboxylic acids is 4. The minimum absolute atomic E-state index is 0.000257. The van der Waals surface area contributed by atoms with Gasteiger partial charge in [-0.15, -0.1) is 0 Å². The number of hydrogen-bond acceptors (Lipinski definition) is 8. The van der Waals surface area contributed by atoms with Gasteiger partial charge < -0.3 is 26.4 Å². The van der Waals surface area contributed by atoms with Crippen LogP contribution in [0.5, 0.6) is 5.75 Å². The number of ketones is 2. The molecule has 2 amide bonds. The highest BCUT2D eigenvalue weighted by atomic mass is 16.3. The van der Waals surface area contributed by atoms with Crippen molar-refractivity contribution in [1.29, 1.82) is 0 Å². The summed E-state index contributed by atoms with van der Waals surface area (Å²) in [5.74, 6) is -0.766. The first-order chi connectivity index (χ1) is 15.8. The molecule has 33 heavy (non-hydrogen) atoms. The van der Waals surface area contributed by atoms with Crippen molar-refractivity contribution in [3.63, 3.8) is 0 Å². The number of carbonyl (C=O) groups is 4. The number of aromatic hydroxyl groups is 1. The number of Topliss-reactive ketones (excluding diaryl/α,β-unsaturated/α-hetero) is 2. The van der Waals surface area contributed by atoms with Crippen LogP contribution in [0, 0.1) is 0 Å². The fourth-order valence-electron chi connectivity index (χ4n) is 4.41. The van der Waals surface area contributed by atoms with E-state index in [1.165, 1.54) is 0 Å². The molecular weight excluding hydrogens is 426 g/mol. The molecule has 1 aromatic rings. The lowest BCUT2D eigenvalue weighted by Crippen LogP contribution is -2.53. The highest BCUT2D eigenvalue weighted by Gasteiger charge is 2.37. The summed E-state index contributed by atoms with van der Waals surface area (Å²) in [5, 5.41) is 18.7. The van der Waals surface area contributed by atoms with Crippen molar-refractivity contribution >= 4 is 23.4 Å². The third kappa shape index (κ3) is 7.08. The van der Waals surface area contributed by atoms with E-state index in [2.05, 4.69) is 16.0 Å². The molecule has 2 aliphatic rings. The van der Waals surface area contributed by atoms with Crippen molar-refractivity contribution in [2.24, 2.45) is 5.73 Å². The Bertz CT molecular complexity index is 859. The van der Waals surface area contributed by atoms with Crippen LogP contribution in [0.1, 0.15) is 31.2 Å². The van der Waals surface area contributed by atoms with Gasteiger partial charge in [-0.2, -0.15) is 0 Å². The highest BCUT2D eigenvalue weighted by molar-refractivity contribution is 5.93. The number of phenols is 1. The predicted octanol–water partition coefficient (Wildman–Crippen LogP) is -1.15. The Kier molecular flexibility index (Phi) is 8.93. The van der Waals surface area contributed by atoms with Crippen LogP contribution < -0.4 is 21.7 Å². The van der Waals surface area contributed by atoms with Crippen molar-refractivity contribution in [3.05, 3.63) is 29.8 Å². The molecule has 2 saturated heterocycles. The zero-order valence-corrected chi connectivity index (χ0v) is 18.7. The molecule has 1 aromatic carbocycles. The van der Waals surface area contributed by atoms with E-state index >= 15 is 0 Å². The first-order valence-electron chi connectivity index (χ1n) is 11.4. The topological polar surface area (TPSA) is 154 Å². The molecule has 0 aliphatic carbocycles. The zero-order valence-electron chi connectivity index (χ0n) is 18.7. The largest absolute Gasteiger partial charge is 0.508 e. The first kappa shape index (κ1) is 24.8. The predicted molar refractivity (Wildman–Crippen MR) is 121 cm³/mol. The Hall–Kier alpha value is -2.82. The molecule has 0 bridgehead atoms. The maximum absolute atomic E-state index is 13.4. The maximum atomic E-state index is 13.4. The number of fused-ring (bicyclic) bond motifs is 1. The Labute approximate surface area is 193 Å². The number of amides is 2. The number of nitrogens with two attached hydrogens (primary N) is 1. The first-order valence-corrected chi connectivity index (χ1v) is 11.4. The Morgan fingerprint density at radius 1 is 1.09 bits per heavy atom. The summed E-state index contributed by atoms with van der Waals surface area (Å²) in [6.45, 7) is 0.901. The van der Waals surface area contributed by atoms with E-state index in [0.29, 0.717) is 38.8 Å². The summed E-state index contributed by atoms with van der Waals surface area (Å²) < 4.78 is 0. The van der Waals surface area contributed by atoms with Crippen molar-refractivity contribution in [3.8, 4) is 5.75 Å². The van der Waals surface area contributed by atoms with Gasteiger partial charge in [-0.25, -0.2) is 0 Å². The van der Waals surface area contributed by atoms with Gasteiger partial charge in [-0.3, -0.25) is 24.5 Å². The van der Waals surface area contributed by atoms with Gasteiger partial charge in [0, 0.05) is 6.54 Å². The third-order valence-electron chi connectivity index (χ3n) is 6.15. The van der Waals surface area contributed by atoms with E-state index in [1.54, 1.807) is 29.2 Å². The monoisotopic (exact) mass is 459 g/mol. The molecule has 2 fully saturated rings. The molecule has 3 rings (SSSR count). The molecule has 1 unspecified atom stereocenters. The number of hydrogen-bond donors (Lipinski definition) is 5. The summed E-state index contributed by atoms with van der Waals surface area (Å²) in [4.78, 5) is 51.7. The number of phenolic OH excluding ortho intramolecular Hbond substituents is 1.